The highest BCUT2D eigenvalue weighted by Gasteiger charge is 2.14. The number of carbonyl (C=O) groups is 2. The van der Waals surface area contributed by atoms with Crippen LogP contribution < -0.4 is 24.3 Å². The first-order chi connectivity index (χ1) is 18.4. The number of esters is 1. The Morgan fingerprint density at radius 1 is 0.974 bits per heavy atom. The molecule has 1 N–H and O–H groups in total. The summed E-state index contributed by atoms with van der Waals surface area (Å²) >= 11 is 0. The molecular formula is C29H36N2O7. The van der Waals surface area contributed by atoms with Crippen molar-refractivity contribution in [2.45, 2.75) is 39.5 Å². The molecule has 0 saturated heterocycles. The van der Waals surface area contributed by atoms with Gasteiger partial charge in [-0.2, -0.15) is 5.26 Å². The van der Waals surface area contributed by atoms with Crippen molar-refractivity contribution in [1.29, 1.82) is 5.26 Å². The Morgan fingerprint density at radius 3 is 2.45 bits per heavy atom. The number of benzene rings is 2. The van der Waals surface area contributed by atoms with Gasteiger partial charge in [-0.1, -0.05) is 25.5 Å². The number of hydrogen-bond acceptors (Lipinski definition) is 8. The van der Waals surface area contributed by atoms with Crippen molar-refractivity contribution in [3.05, 3.63) is 53.1 Å². The molecule has 1 amide bonds. The van der Waals surface area contributed by atoms with Crippen LogP contribution in [0, 0.1) is 11.3 Å². The topological polar surface area (TPSA) is 116 Å². The predicted octanol–water partition coefficient (Wildman–Crippen LogP) is 4.48. The van der Waals surface area contributed by atoms with Crippen LogP contribution in [-0.4, -0.2) is 52.5 Å². The maximum absolute atomic E-state index is 12.6. The summed E-state index contributed by atoms with van der Waals surface area (Å²) in [4.78, 5) is 24.7. The Balaban J connectivity index is 2.04. The van der Waals surface area contributed by atoms with E-state index in [1.807, 2.05) is 31.2 Å². The Kier molecular flexibility index (Phi) is 13.2. The minimum atomic E-state index is -0.507. The predicted molar refractivity (Wildman–Crippen MR) is 143 cm³/mol. The number of rotatable bonds is 16. The van der Waals surface area contributed by atoms with Gasteiger partial charge in [-0.05, 0) is 61.2 Å². The van der Waals surface area contributed by atoms with Gasteiger partial charge in [-0.25, -0.2) is 0 Å². The first kappa shape index (κ1) is 30.2. The van der Waals surface area contributed by atoms with Crippen LogP contribution in [0.3, 0.4) is 0 Å². The average molecular weight is 525 g/mol. The number of nitrogens with one attached hydrogen (secondary N) is 1. The molecule has 0 aliphatic rings. The van der Waals surface area contributed by atoms with Crippen molar-refractivity contribution >= 4 is 18.0 Å². The highest BCUT2D eigenvalue weighted by molar-refractivity contribution is 6.01. The fraction of sp³-hybridized carbons (Fsp3) is 0.414. The van der Waals surface area contributed by atoms with Gasteiger partial charge in [0.25, 0.3) is 5.91 Å². The second kappa shape index (κ2) is 16.7. The van der Waals surface area contributed by atoms with Gasteiger partial charge in [-0.15, -0.1) is 0 Å². The first-order valence-corrected chi connectivity index (χ1v) is 12.6. The number of carbonyl (C=O) groups excluding carboxylic acids is 2. The average Bonchev–Trinajstić information content (AvgIpc) is 2.92. The summed E-state index contributed by atoms with van der Waals surface area (Å²) in [6.45, 7) is 5.77. The van der Waals surface area contributed by atoms with Gasteiger partial charge < -0.3 is 29.0 Å². The Bertz CT molecular complexity index is 1140. The van der Waals surface area contributed by atoms with Crippen LogP contribution in [0.2, 0.25) is 0 Å². The van der Waals surface area contributed by atoms with E-state index < -0.39 is 11.9 Å². The van der Waals surface area contributed by atoms with Crippen LogP contribution in [0.25, 0.3) is 6.08 Å². The van der Waals surface area contributed by atoms with E-state index in [1.54, 1.807) is 18.2 Å². The van der Waals surface area contributed by atoms with Gasteiger partial charge in [0.1, 0.15) is 11.6 Å². The lowest BCUT2D eigenvalue weighted by molar-refractivity contribution is -0.134. The maximum atomic E-state index is 12.6. The molecule has 0 spiro atoms. The van der Waals surface area contributed by atoms with E-state index in [2.05, 4.69) is 12.2 Å². The molecule has 2 aromatic carbocycles. The molecule has 2 rings (SSSR count). The lowest BCUT2D eigenvalue weighted by Gasteiger charge is -2.13. The summed E-state index contributed by atoms with van der Waals surface area (Å²) in [5.74, 6) is 0.959. The summed E-state index contributed by atoms with van der Waals surface area (Å²) in [5.41, 5.74) is 1.40. The molecule has 0 saturated carbocycles. The van der Waals surface area contributed by atoms with Crippen LogP contribution in [0.5, 0.6) is 23.0 Å². The third-order valence-corrected chi connectivity index (χ3v) is 5.36. The van der Waals surface area contributed by atoms with E-state index >= 15 is 0 Å². The summed E-state index contributed by atoms with van der Waals surface area (Å²) in [6.07, 6.45) is 4.04. The molecule has 2 aromatic rings. The van der Waals surface area contributed by atoms with Gasteiger partial charge in [0.05, 0.1) is 26.9 Å². The fourth-order valence-corrected chi connectivity index (χ4v) is 3.38. The molecule has 204 valence electrons. The molecule has 0 aliphatic carbocycles. The normalized spacial score (nSPS) is 10.9. The molecule has 38 heavy (non-hydrogen) atoms. The van der Waals surface area contributed by atoms with Gasteiger partial charge in [0.2, 0.25) is 0 Å². The molecule has 0 atom stereocenters. The fourth-order valence-electron chi connectivity index (χ4n) is 3.38. The van der Waals surface area contributed by atoms with Crippen molar-refractivity contribution < 1.29 is 33.3 Å². The molecule has 0 bridgehead atoms. The van der Waals surface area contributed by atoms with E-state index in [-0.39, 0.29) is 24.3 Å². The smallest absolute Gasteiger partial charge is 0.311 e. The van der Waals surface area contributed by atoms with Crippen molar-refractivity contribution in [1.82, 2.24) is 5.32 Å². The number of aryl methyl sites for hydroxylation is 1. The highest BCUT2D eigenvalue weighted by Crippen LogP contribution is 2.31. The van der Waals surface area contributed by atoms with Crippen molar-refractivity contribution in [3.8, 4) is 29.1 Å². The molecule has 9 heteroatoms. The van der Waals surface area contributed by atoms with E-state index in [0.29, 0.717) is 49.1 Å². The van der Waals surface area contributed by atoms with Crippen molar-refractivity contribution in [2.24, 2.45) is 0 Å². The second-order valence-corrected chi connectivity index (χ2v) is 8.22. The largest absolute Gasteiger partial charge is 0.493 e. The zero-order valence-corrected chi connectivity index (χ0v) is 22.5. The van der Waals surface area contributed by atoms with Crippen LogP contribution in [-0.2, 0) is 20.7 Å². The monoisotopic (exact) mass is 524 g/mol. The maximum Gasteiger partial charge on any atom is 0.311 e. The van der Waals surface area contributed by atoms with Gasteiger partial charge in [0.15, 0.2) is 23.0 Å². The zero-order valence-electron chi connectivity index (χ0n) is 22.5. The number of ether oxygens (including phenoxy) is 5. The molecule has 0 heterocycles. The molecule has 0 fully saturated rings. The first-order valence-electron chi connectivity index (χ1n) is 12.6. The van der Waals surface area contributed by atoms with Crippen LogP contribution >= 0.6 is 0 Å². The standard InChI is InChI=1S/C29H36N2O7/c1-5-7-15-37-24-11-8-21(18-27(24)36-6-2)10-13-28(32)38-25-12-9-22(19-26(25)35-4)17-23(20-30)29(33)31-14-16-34-3/h8-9,11-12,17-19H,5-7,10,13-16H2,1-4H3,(H,31,33)/b23-17+. The van der Waals surface area contributed by atoms with Crippen molar-refractivity contribution in [2.75, 3.05) is 40.6 Å². The van der Waals surface area contributed by atoms with E-state index in [9.17, 15) is 14.9 Å². The van der Waals surface area contributed by atoms with Gasteiger partial charge >= 0.3 is 5.97 Å². The minimum Gasteiger partial charge on any atom is -0.493 e. The number of hydrogen-bond donors (Lipinski definition) is 1. The number of methoxy groups -OCH3 is 2. The molecule has 0 aliphatic heterocycles. The summed E-state index contributed by atoms with van der Waals surface area (Å²) in [7, 11) is 2.97. The summed E-state index contributed by atoms with van der Waals surface area (Å²) in [6, 6.07) is 12.3. The Morgan fingerprint density at radius 2 is 1.76 bits per heavy atom. The molecule has 0 aromatic heterocycles. The Labute approximate surface area is 224 Å². The molecule has 0 unspecified atom stereocenters. The SMILES string of the molecule is CCCCOc1ccc(CCC(=O)Oc2ccc(/C=C(\C#N)C(=O)NCCOC)cc2OC)cc1OCC. The number of unbranched alkanes of at least 4 members (excludes halogenated alkanes) is 1. The number of nitrogens with zero attached hydrogens (tertiary/aromatic N) is 1. The highest BCUT2D eigenvalue weighted by atomic mass is 16.6. The van der Waals surface area contributed by atoms with E-state index in [0.717, 1.165) is 18.4 Å². The molecule has 9 nitrogen and oxygen atoms in total. The zero-order chi connectivity index (χ0) is 27.8. The van der Waals surface area contributed by atoms with E-state index in [1.165, 1.54) is 20.3 Å². The van der Waals surface area contributed by atoms with Gasteiger partial charge in [-0.3, -0.25) is 9.59 Å². The van der Waals surface area contributed by atoms with Crippen LogP contribution in [0.1, 0.15) is 44.2 Å². The molecular weight excluding hydrogens is 488 g/mol. The van der Waals surface area contributed by atoms with Crippen molar-refractivity contribution in [3.63, 3.8) is 0 Å². The third-order valence-electron chi connectivity index (χ3n) is 5.36. The van der Waals surface area contributed by atoms with Gasteiger partial charge in [0, 0.05) is 20.1 Å². The minimum absolute atomic E-state index is 0.0684. The quantitative estimate of drug-likeness (QED) is 0.112. The lowest BCUT2D eigenvalue weighted by Crippen LogP contribution is -2.27. The second-order valence-electron chi connectivity index (χ2n) is 8.22. The summed E-state index contributed by atoms with van der Waals surface area (Å²) < 4.78 is 27.3. The number of amides is 1. The van der Waals surface area contributed by atoms with Crippen LogP contribution in [0.15, 0.2) is 42.0 Å². The number of nitriles is 1. The third kappa shape index (κ3) is 9.79. The summed E-state index contributed by atoms with van der Waals surface area (Å²) in [5, 5.41) is 12.0. The lowest BCUT2D eigenvalue weighted by atomic mass is 10.1. The van der Waals surface area contributed by atoms with Crippen LogP contribution in [0.4, 0.5) is 0 Å². The Hall–Kier alpha value is -4.03. The van der Waals surface area contributed by atoms with E-state index in [4.69, 9.17) is 23.7 Å². The molecule has 0 radical (unpaired) electrons.